The predicted octanol–water partition coefficient (Wildman–Crippen LogP) is 3.48. The highest BCUT2D eigenvalue weighted by atomic mass is 35.5. The molecule has 0 saturated heterocycles. The summed E-state index contributed by atoms with van der Waals surface area (Å²) in [5, 5.41) is 4.32. The number of rotatable bonds is 6. The third-order valence-electron chi connectivity index (χ3n) is 3.33. The van der Waals surface area contributed by atoms with Gasteiger partial charge in [0, 0.05) is 28.4 Å². The Bertz CT molecular complexity index is 928. The summed E-state index contributed by atoms with van der Waals surface area (Å²) in [6.07, 6.45) is 3.14. The highest BCUT2D eigenvalue weighted by Gasteiger charge is 2.16. The summed E-state index contributed by atoms with van der Waals surface area (Å²) in [5.41, 5.74) is 2.75. The minimum absolute atomic E-state index is 0.0752. The number of sulfonamides is 1. The molecule has 124 valence electrons. The molecule has 0 bridgehead atoms. The number of thiophene rings is 1. The van der Waals surface area contributed by atoms with Crippen LogP contribution in [0.3, 0.4) is 0 Å². The van der Waals surface area contributed by atoms with Gasteiger partial charge in [-0.2, -0.15) is 11.3 Å². The van der Waals surface area contributed by atoms with Crippen molar-refractivity contribution < 1.29 is 8.42 Å². The molecule has 0 spiro atoms. The highest BCUT2D eigenvalue weighted by molar-refractivity contribution is 7.88. The van der Waals surface area contributed by atoms with Crippen LogP contribution in [0.15, 0.2) is 53.5 Å². The Labute approximate surface area is 149 Å². The Kier molecular flexibility index (Phi) is 5.25. The summed E-state index contributed by atoms with van der Waals surface area (Å²) >= 11 is 7.58. The van der Waals surface area contributed by atoms with Crippen molar-refractivity contribution in [3.63, 3.8) is 0 Å². The lowest BCUT2D eigenvalue weighted by atomic mass is 10.2. The van der Waals surface area contributed by atoms with E-state index < -0.39 is 10.0 Å². The summed E-state index contributed by atoms with van der Waals surface area (Å²) < 4.78 is 27.2. The number of nitrogens with zero attached hydrogens (tertiary/aromatic N) is 2. The van der Waals surface area contributed by atoms with Crippen molar-refractivity contribution in [2.24, 2.45) is 0 Å². The molecule has 24 heavy (non-hydrogen) atoms. The van der Waals surface area contributed by atoms with Crippen LogP contribution >= 0.6 is 22.9 Å². The second-order valence-electron chi connectivity index (χ2n) is 5.04. The maximum absolute atomic E-state index is 12.3. The van der Waals surface area contributed by atoms with Crippen LogP contribution < -0.4 is 4.72 Å². The minimum Gasteiger partial charge on any atom is -0.256 e. The molecule has 1 N–H and O–H groups in total. The summed E-state index contributed by atoms with van der Waals surface area (Å²) in [5.74, 6) is -0.180. The summed E-state index contributed by atoms with van der Waals surface area (Å²) in [6, 6.07) is 8.81. The Hall–Kier alpha value is -1.80. The number of hydrogen-bond donors (Lipinski definition) is 1. The first-order valence-electron chi connectivity index (χ1n) is 7.08. The van der Waals surface area contributed by atoms with E-state index in [-0.39, 0.29) is 12.3 Å². The molecule has 0 aliphatic rings. The molecule has 0 unspecified atom stereocenters. The van der Waals surface area contributed by atoms with E-state index in [1.807, 2.05) is 16.8 Å². The van der Waals surface area contributed by atoms with Crippen molar-refractivity contribution in [3.8, 4) is 11.3 Å². The van der Waals surface area contributed by atoms with Gasteiger partial charge in [-0.25, -0.2) is 13.1 Å². The van der Waals surface area contributed by atoms with E-state index in [0.29, 0.717) is 22.0 Å². The van der Waals surface area contributed by atoms with Crippen molar-refractivity contribution in [2.75, 3.05) is 0 Å². The fourth-order valence-electron chi connectivity index (χ4n) is 2.19. The standard InChI is InChI=1S/C16H14ClN3O2S2/c17-14-4-2-1-3-13(14)11-24(21,22)20-9-15-16(19-7-6-18-15)12-5-8-23-10-12/h1-8,10,20H,9,11H2. The largest absolute Gasteiger partial charge is 0.256 e. The molecular weight excluding hydrogens is 366 g/mol. The molecule has 0 amide bonds. The highest BCUT2D eigenvalue weighted by Crippen LogP contribution is 2.22. The van der Waals surface area contributed by atoms with Gasteiger partial charge in [-0.05, 0) is 23.1 Å². The molecular formula is C16H14ClN3O2S2. The lowest BCUT2D eigenvalue weighted by Gasteiger charge is -2.09. The van der Waals surface area contributed by atoms with Crippen LogP contribution in [0.2, 0.25) is 5.02 Å². The smallest absolute Gasteiger partial charge is 0.216 e. The zero-order valence-electron chi connectivity index (χ0n) is 12.5. The molecule has 8 heteroatoms. The molecule has 0 aliphatic heterocycles. The summed E-state index contributed by atoms with van der Waals surface area (Å²) in [7, 11) is -3.54. The van der Waals surface area contributed by atoms with Crippen molar-refractivity contribution >= 4 is 33.0 Å². The zero-order chi connectivity index (χ0) is 17.0. The van der Waals surface area contributed by atoms with E-state index in [1.54, 1.807) is 48.0 Å². The molecule has 0 atom stereocenters. The van der Waals surface area contributed by atoms with Gasteiger partial charge >= 0.3 is 0 Å². The van der Waals surface area contributed by atoms with E-state index in [1.165, 1.54) is 0 Å². The van der Waals surface area contributed by atoms with E-state index in [9.17, 15) is 8.42 Å². The van der Waals surface area contributed by atoms with Crippen LogP contribution in [0.1, 0.15) is 11.3 Å². The van der Waals surface area contributed by atoms with Gasteiger partial charge in [-0.1, -0.05) is 29.8 Å². The summed E-state index contributed by atoms with van der Waals surface area (Å²) in [4.78, 5) is 8.56. The number of nitrogens with one attached hydrogen (secondary N) is 1. The van der Waals surface area contributed by atoms with E-state index in [4.69, 9.17) is 11.6 Å². The Morgan fingerprint density at radius 2 is 1.92 bits per heavy atom. The van der Waals surface area contributed by atoms with Crippen LogP contribution in [0.5, 0.6) is 0 Å². The first-order valence-corrected chi connectivity index (χ1v) is 10.1. The average molecular weight is 380 g/mol. The van der Waals surface area contributed by atoms with Crippen LogP contribution in [0, 0.1) is 0 Å². The fourth-order valence-corrected chi connectivity index (χ4v) is 4.23. The number of benzene rings is 1. The second kappa shape index (κ2) is 7.40. The molecule has 0 saturated carbocycles. The van der Waals surface area contributed by atoms with E-state index in [2.05, 4.69) is 14.7 Å². The van der Waals surface area contributed by atoms with E-state index in [0.717, 1.165) is 5.56 Å². The van der Waals surface area contributed by atoms with Gasteiger partial charge < -0.3 is 0 Å². The zero-order valence-corrected chi connectivity index (χ0v) is 14.9. The maximum Gasteiger partial charge on any atom is 0.216 e. The van der Waals surface area contributed by atoms with Gasteiger partial charge in [-0.15, -0.1) is 0 Å². The topological polar surface area (TPSA) is 72.0 Å². The van der Waals surface area contributed by atoms with Gasteiger partial charge in [0.1, 0.15) is 0 Å². The Balaban J connectivity index is 1.75. The SMILES string of the molecule is O=S(=O)(Cc1ccccc1Cl)NCc1nccnc1-c1ccsc1. The first-order chi connectivity index (χ1) is 11.6. The van der Waals surface area contributed by atoms with Crippen LogP contribution in [-0.4, -0.2) is 18.4 Å². The Morgan fingerprint density at radius 1 is 1.12 bits per heavy atom. The van der Waals surface area contributed by atoms with Crippen LogP contribution in [-0.2, 0) is 22.3 Å². The van der Waals surface area contributed by atoms with Gasteiger partial charge in [0.2, 0.25) is 10.0 Å². The number of halogens is 1. The second-order valence-corrected chi connectivity index (χ2v) is 8.03. The molecule has 2 heterocycles. The first kappa shape index (κ1) is 17.0. The maximum atomic E-state index is 12.3. The predicted molar refractivity (Wildman–Crippen MR) is 96.3 cm³/mol. The summed E-state index contributed by atoms with van der Waals surface area (Å²) in [6.45, 7) is 0.0752. The minimum atomic E-state index is -3.54. The van der Waals surface area contributed by atoms with Gasteiger partial charge in [0.15, 0.2) is 0 Å². The van der Waals surface area contributed by atoms with Gasteiger partial charge in [-0.3, -0.25) is 9.97 Å². The third kappa shape index (κ3) is 4.18. The lowest BCUT2D eigenvalue weighted by Crippen LogP contribution is -2.25. The third-order valence-corrected chi connectivity index (χ3v) is 5.66. The van der Waals surface area contributed by atoms with Gasteiger partial charge in [0.05, 0.1) is 23.7 Å². The Morgan fingerprint density at radius 3 is 2.67 bits per heavy atom. The van der Waals surface area contributed by atoms with Crippen molar-refractivity contribution in [1.29, 1.82) is 0 Å². The molecule has 0 aliphatic carbocycles. The van der Waals surface area contributed by atoms with Crippen LogP contribution in [0.4, 0.5) is 0 Å². The van der Waals surface area contributed by atoms with Crippen LogP contribution in [0.25, 0.3) is 11.3 Å². The molecule has 3 rings (SSSR count). The fraction of sp³-hybridized carbons (Fsp3) is 0.125. The molecule has 5 nitrogen and oxygen atoms in total. The number of aromatic nitrogens is 2. The molecule has 0 fully saturated rings. The normalized spacial score (nSPS) is 11.5. The quantitative estimate of drug-likeness (QED) is 0.711. The van der Waals surface area contributed by atoms with Crippen molar-refractivity contribution in [1.82, 2.24) is 14.7 Å². The molecule has 2 aromatic heterocycles. The average Bonchev–Trinajstić information content (AvgIpc) is 3.10. The molecule has 1 aromatic carbocycles. The monoisotopic (exact) mass is 379 g/mol. The number of hydrogen-bond acceptors (Lipinski definition) is 5. The molecule has 0 radical (unpaired) electrons. The van der Waals surface area contributed by atoms with Crippen molar-refractivity contribution in [3.05, 3.63) is 69.8 Å². The van der Waals surface area contributed by atoms with E-state index >= 15 is 0 Å². The van der Waals surface area contributed by atoms with Gasteiger partial charge in [0.25, 0.3) is 0 Å². The van der Waals surface area contributed by atoms with Crippen molar-refractivity contribution in [2.45, 2.75) is 12.3 Å². The lowest BCUT2D eigenvalue weighted by molar-refractivity contribution is 0.579. The molecule has 3 aromatic rings.